The second kappa shape index (κ2) is 9.07. The third-order valence-electron chi connectivity index (χ3n) is 6.47. The Hall–Kier alpha value is -3.65. The molecule has 170 valence electrons. The summed E-state index contributed by atoms with van der Waals surface area (Å²) in [7, 11) is 0. The van der Waals surface area contributed by atoms with Crippen molar-refractivity contribution in [1.29, 1.82) is 0 Å². The minimum Gasteiger partial charge on any atom is -0.361 e. The molecule has 3 aromatic rings. The van der Waals surface area contributed by atoms with Crippen LogP contribution in [0.25, 0.3) is 10.9 Å². The number of amides is 4. The second-order valence-electron chi connectivity index (χ2n) is 8.63. The van der Waals surface area contributed by atoms with Crippen LogP contribution in [0.15, 0.2) is 60.8 Å². The van der Waals surface area contributed by atoms with E-state index in [1.54, 1.807) is 4.90 Å². The van der Waals surface area contributed by atoms with Crippen LogP contribution in [0.1, 0.15) is 11.1 Å². The van der Waals surface area contributed by atoms with Crippen molar-refractivity contribution in [3.05, 3.63) is 71.9 Å². The second-order valence-corrected chi connectivity index (χ2v) is 8.63. The van der Waals surface area contributed by atoms with Gasteiger partial charge in [-0.1, -0.05) is 48.5 Å². The monoisotopic (exact) mass is 445 g/mol. The van der Waals surface area contributed by atoms with Crippen LogP contribution >= 0.6 is 0 Å². The maximum atomic E-state index is 12.9. The molecule has 3 heterocycles. The Morgan fingerprint density at radius 3 is 2.45 bits per heavy atom. The fourth-order valence-electron chi connectivity index (χ4n) is 4.62. The quantitative estimate of drug-likeness (QED) is 0.568. The largest absolute Gasteiger partial charge is 0.361 e. The molecule has 0 saturated carbocycles. The number of hydrogen-bond donors (Lipinski definition) is 2. The van der Waals surface area contributed by atoms with Crippen molar-refractivity contribution in [3.8, 4) is 0 Å². The Kier molecular flexibility index (Phi) is 5.83. The highest BCUT2D eigenvalue weighted by Crippen LogP contribution is 2.21. The van der Waals surface area contributed by atoms with Crippen LogP contribution in [0.5, 0.6) is 0 Å². The fraction of sp³-hybridized carbons (Fsp3) is 0.320. The first-order chi connectivity index (χ1) is 16.1. The normalized spacial score (nSPS) is 19.3. The van der Waals surface area contributed by atoms with Gasteiger partial charge in [-0.25, -0.2) is 4.79 Å². The molecule has 2 N–H and O–H groups in total. The summed E-state index contributed by atoms with van der Waals surface area (Å²) in [4.78, 5) is 46.5. The van der Waals surface area contributed by atoms with E-state index in [9.17, 15) is 14.4 Å². The first-order valence-corrected chi connectivity index (χ1v) is 11.3. The van der Waals surface area contributed by atoms with Gasteiger partial charge in [-0.15, -0.1) is 0 Å². The highest BCUT2D eigenvalue weighted by Gasteiger charge is 2.40. The summed E-state index contributed by atoms with van der Waals surface area (Å²) < 4.78 is 0. The third kappa shape index (κ3) is 4.47. The van der Waals surface area contributed by atoms with Gasteiger partial charge in [0.2, 0.25) is 5.91 Å². The van der Waals surface area contributed by atoms with Crippen molar-refractivity contribution >= 4 is 28.7 Å². The zero-order chi connectivity index (χ0) is 22.8. The number of nitrogens with one attached hydrogen (secondary N) is 2. The lowest BCUT2D eigenvalue weighted by Gasteiger charge is -2.35. The number of para-hydroxylation sites is 1. The Morgan fingerprint density at radius 2 is 1.67 bits per heavy atom. The lowest BCUT2D eigenvalue weighted by atomic mass is 10.1. The van der Waals surface area contributed by atoms with E-state index in [1.165, 1.54) is 5.56 Å². The molecule has 5 rings (SSSR count). The predicted molar refractivity (Wildman–Crippen MR) is 124 cm³/mol. The molecule has 1 aromatic heterocycles. The summed E-state index contributed by atoms with van der Waals surface area (Å²) in [5.41, 5.74) is 3.20. The summed E-state index contributed by atoms with van der Waals surface area (Å²) in [5, 5.41) is 3.77. The molecule has 8 heteroatoms. The number of piperazine rings is 1. The highest BCUT2D eigenvalue weighted by molar-refractivity contribution is 6.06. The summed E-state index contributed by atoms with van der Waals surface area (Å²) in [6.07, 6.45) is 2.25. The number of H-pyrrole nitrogens is 1. The van der Waals surface area contributed by atoms with Gasteiger partial charge in [0.15, 0.2) is 0 Å². The Morgan fingerprint density at radius 1 is 0.939 bits per heavy atom. The maximum absolute atomic E-state index is 12.9. The Labute approximate surface area is 192 Å². The lowest BCUT2D eigenvalue weighted by Crippen LogP contribution is -2.51. The van der Waals surface area contributed by atoms with Gasteiger partial charge in [0.1, 0.15) is 12.6 Å². The van der Waals surface area contributed by atoms with Crippen LogP contribution < -0.4 is 5.32 Å². The summed E-state index contributed by atoms with van der Waals surface area (Å²) in [6.45, 7) is 3.36. The van der Waals surface area contributed by atoms with Gasteiger partial charge in [0.25, 0.3) is 5.91 Å². The minimum atomic E-state index is -0.660. The first kappa shape index (κ1) is 21.2. The third-order valence-corrected chi connectivity index (χ3v) is 6.47. The number of nitrogens with zero attached hydrogens (tertiary/aromatic N) is 3. The van der Waals surface area contributed by atoms with Crippen LogP contribution in [-0.2, 0) is 22.6 Å². The molecule has 1 unspecified atom stereocenters. The molecule has 2 saturated heterocycles. The number of benzene rings is 2. The number of carbonyl (C=O) groups is 3. The smallest absolute Gasteiger partial charge is 0.325 e. The van der Waals surface area contributed by atoms with Gasteiger partial charge in [0.05, 0.1) is 0 Å². The number of carbonyl (C=O) groups excluding carboxylic acids is 3. The molecule has 2 aliphatic rings. The van der Waals surface area contributed by atoms with Crippen molar-refractivity contribution in [2.24, 2.45) is 0 Å². The molecular formula is C25H27N5O3. The standard InChI is InChI=1S/C25H27N5O3/c31-23(29-12-10-28(11-13-29)16-18-6-2-1-3-7-18)17-30-24(32)22(27-25(30)33)14-19-15-26-21-9-5-4-8-20(19)21/h1-9,15,22,26H,10-14,16-17H2,(H,27,33). The molecule has 2 aromatic carbocycles. The zero-order valence-electron chi connectivity index (χ0n) is 18.4. The lowest BCUT2D eigenvalue weighted by molar-refractivity contribution is -0.138. The summed E-state index contributed by atoms with van der Waals surface area (Å²) in [6, 6.07) is 16.9. The number of urea groups is 1. The first-order valence-electron chi connectivity index (χ1n) is 11.3. The number of aromatic nitrogens is 1. The van der Waals surface area contributed by atoms with Gasteiger partial charge < -0.3 is 15.2 Å². The molecule has 33 heavy (non-hydrogen) atoms. The van der Waals surface area contributed by atoms with E-state index in [1.807, 2.05) is 48.7 Å². The van der Waals surface area contributed by atoms with E-state index in [4.69, 9.17) is 0 Å². The van der Waals surface area contributed by atoms with E-state index in [2.05, 4.69) is 27.3 Å². The van der Waals surface area contributed by atoms with Crippen molar-refractivity contribution in [2.45, 2.75) is 19.0 Å². The molecular weight excluding hydrogens is 418 g/mol. The van der Waals surface area contributed by atoms with Gasteiger partial charge >= 0.3 is 6.03 Å². The van der Waals surface area contributed by atoms with Crippen LogP contribution in [0.2, 0.25) is 0 Å². The fourth-order valence-corrected chi connectivity index (χ4v) is 4.62. The average molecular weight is 446 g/mol. The van der Waals surface area contributed by atoms with E-state index in [-0.39, 0.29) is 18.4 Å². The van der Waals surface area contributed by atoms with Crippen molar-refractivity contribution in [3.63, 3.8) is 0 Å². The van der Waals surface area contributed by atoms with Gasteiger partial charge in [0, 0.05) is 56.2 Å². The maximum Gasteiger partial charge on any atom is 0.325 e. The SMILES string of the molecule is O=C(CN1C(=O)NC(Cc2c[nH]c3ccccc23)C1=O)N1CCN(Cc2ccccc2)CC1. The Balaban J connectivity index is 1.15. The van der Waals surface area contributed by atoms with Crippen molar-refractivity contribution < 1.29 is 14.4 Å². The Bertz CT molecular complexity index is 1170. The van der Waals surface area contributed by atoms with Crippen molar-refractivity contribution in [1.82, 2.24) is 25.0 Å². The van der Waals surface area contributed by atoms with Crippen LogP contribution in [-0.4, -0.2) is 76.3 Å². The van der Waals surface area contributed by atoms with E-state index < -0.39 is 12.1 Å². The number of aromatic amines is 1. The molecule has 2 fully saturated rings. The highest BCUT2D eigenvalue weighted by atomic mass is 16.2. The molecule has 2 aliphatic heterocycles. The van der Waals surface area contributed by atoms with Crippen molar-refractivity contribution in [2.75, 3.05) is 32.7 Å². The van der Waals surface area contributed by atoms with Gasteiger partial charge in [-0.05, 0) is 17.2 Å². The number of imide groups is 1. The molecule has 0 spiro atoms. The van der Waals surface area contributed by atoms with Crippen LogP contribution in [0, 0.1) is 0 Å². The molecule has 8 nitrogen and oxygen atoms in total. The van der Waals surface area contributed by atoms with E-state index in [0.717, 1.165) is 41.0 Å². The zero-order valence-corrected chi connectivity index (χ0v) is 18.4. The average Bonchev–Trinajstić information content (AvgIpc) is 3.36. The minimum absolute atomic E-state index is 0.189. The molecule has 4 amide bonds. The number of rotatable bonds is 6. The van der Waals surface area contributed by atoms with Crippen LogP contribution in [0.3, 0.4) is 0 Å². The van der Waals surface area contributed by atoms with E-state index in [0.29, 0.717) is 19.5 Å². The molecule has 1 atom stereocenters. The molecule has 0 radical (unpaired) electrons. The number of hydrogen-bond acceptors (Lipinski definition) is 4. The predicted octanol–water partition coefficient (Wildman–Crippen LogP) is 1.98. The van der Waals surface area contributed by atoms with E-state index >= 15 is 0 Å². The van der Waals surface area contributed by atoms with Gasteiger partial charge in [-0.3, -0.25) is 19.4 Å². The summed E-state index contributed by atoms with van der Waals surface area (Å²) in [5.74, 6) is -0.535. The molecule has 0 bridgehead atoms. The van der Waals surface area contributed by atoms with Gasteiger partial charge in [-0.2, -0.15) is 0 Å². The molecule has 0 aliphatic carbocycles. The summed E-state index contributed by atoms with van der Waals surface area (Å²) >= 11 is 0. The van der Waals surface area contributed by atoms with Crippen LogP contribution in [0.4, 0.5) is 4.79 Å². The topological polar surface area (TPSA) is 88.8 Å². The number of fused-ring (bicyclic) bond motifs is 1.